The van der Waals surface area contributed by atoms with E-state index in [1.165, 1.54) is 22.2 Å². The van der Waals surface area contributed by atoms with E-state index in [1.54, 1.807) is 35.7 Å². The maximum Gasteiger partial charge on any atom is 0.332 e. The molecule has 9 heteroatoms. The molecule has 0 aliphatic rings. The van der Waals surface area contributed by atoms with Crippen LogP contribution in [0.25, 0.3) is 10.2 Å². The predicted octanol–water partition coefficient (Wildman–Crippen LogP) is 2.58. The Bertz CT molecular complexity index is 1300. The number of nitrogens with one attached hydrogen (secondary N) is 1. The van der Waals surface area contributed by atoms with Crippen LogP contribution in [0.4, 0.5) is 0 Å². The molecule has 1 amide bonds. The molecule has 3 heterocycles. The first kappa shape index (κ1) is 20.7. The number of hydrogen-bond donors (Lipinski definition) is 1. The third-order valence-corrected chi connectivity index (χ3v) is 5.64. The molecule has 0 saturated carbocycles. The van der Waals surface area contributed by atoms with Gasteiger partial charge in [-0.15, -0.1) is 11.3 Å². The average molecular weight is 439 g/mol. The summed E-state index contributed by atoms with van der Waals surface area (Å²) in [7, 11) is 0. The monoisotopic (exact) mass is 439 g/mol. The molecule has 0 unspecified atom stereocenters. The molecule has 0 atom stereocenters. The van der Waals surface area contributed by atoms with Gasteiger partial charge in [0.2, 0.25) is 5.91 Å². The highest BCUT2D eigenvalue weighted by atomic mass is 32.1. The molecule has 160 valence electrons. The number of nitrogens with zero attached hydrogens (tertiary/aromatic N) is 2. The zero-order chi connectivity index (χ0) is 21.8. The molecule has 0 aliphatic heterocycles. The molecule has 0 bridgehead atoms. The number of fused-ring (bicyclic) bond motifs is 1. The summed E-state index contributed by atoms with van der Waals surface area (Å²) in [5.41, 5.74) is 0.345. The molecule has 0 saturated heterocycles. The van der Waals surface area contributed by atoms with Crippen LogP contribution in [-0.2, 0) is 24.4 Å². The average Bonchev–Trinajstić information content (AvgIpc) is 3.46. The zero-order valence-corrected chi connectivity index (χ0v) is 17.7. The first-order valence-corrected chi connectivity index (χ1v) is 10.7. The highest BCUT2D eigenvalue weighted by Gasteiger charge is 2.17. The van der Waals surface area contributed by atoms with Gasteiger partial charge in [-0.1, -0.05) is 12.1 Å². The summed E-state index contributed by atoms with van der Waals surface area (Å²) >= 11 is 1.25. The van der Waals surface area contributed by atoms with Gasteiger partial charge < -0.3 is 14.5 Å². The Morgan fingerprint density at radius 2 is 1.94 bits per heavy atom. The van der Waals surface area contributed by atoms with Gasteiger partial charge in [-0.25, -0.2) is 4.79 Å². The highest BCUT2D eigenvalue weighted by molar-refractivity contribution is 7.17. The van der Waals surface area contributed by atoms with Crippen LogP contribution in [0.5, 0.6) is 5.75 Å². The van der Waals surface area contributed by atoms with Crippen LogP contribution in [0.2, 0.25) is 0 Å². The van der Waals surface area contributed by atoms with Crippen LogP contribution in [0.15, 0.2) is 68.1 Å². The van der Waals surface area contributed by atoms with Gasteiger partial charge in [-0.2, -0.15) is 0 Å². The maximum atomic E-state index is 13.2. The molecule has 31 heavy (non-hydrogen) atoms. The van der Waals surface area contributed by atoms with Crippen LogP contribution in [0.1, 0.15) is 18.2 Å². The summed E-state index contributed by atoms with van der Waals surface area (Å²) in [5.74, 6) is 0.983. The Labute approximate surface area is 181 Å². The second-order valence-electron chi connectivity index (χ2n) is 6.83. The first-order chi connectivity index (χ1) is 15.1. The molecule has 1 aromatic carbocycles. The van der Waals surface area contributed by atoms with Crippen LogP contribution in [0.3, 0.4) is 0 Å². The Morgan fingerprint density at radius 1 is 1.13 bits per heavy atom. The minimum atomic E-state index is -0.530. The number of amides is 1. The third-order valence-electron chi connectivity index (χ3n) is 4.75. The molecule has 3 aromatic heterocycles. The summed E-state index contributed by atoms with van der Waals surface area (Å²) in [4.78, 5) is 38.5. The van der Waals surface area contributed by atoms with Crippen molar-refractivity contribution in [2.24, 2.45) is 0 Å². The molecule has 1 N–H and O–H groups in total. The molecule has 0 fully saturated rings. The van der Waals surface area contributed by atoms with Gasteiger partial charge in [-0.3, -0.25) is 18.7 Å². The van der Waals surface area contributed by atoms with Crippen molar-refractivity contribution in [2.75, 3.05) is 6.61 Å². The summed E-state index contributed by atoms with van der Waals surface area (Å²) in [6, 6.07) is 12.4. The number of aromatic nitrogens is 2. The van der Waals surface area contributed by atoms with Crippen LogP contribution >= 0.6 is 11.3 Å². The number of benzene rings is 1. The quantitative estimate of drug-likeness (QED) is 0.455. The van der Waals surface area contributed by atoms with E-state index in [4.69, 9.17) is 9.15 Å². The van der Waals surface area contributed by atoms with Gasteiger partial charge in [0.1, 0.15) is 22.8 Å². The van der Waals surface area contributed by atoms with Crippen LogP contribution < -0.4 is 21.3 Å². The molecule has 4 rings (SSSR count). The minimum absolute atomic E-state index is 0.103. The normalized spacial score (nSPS) is 11.0. The number of thiophene rings is 1. The molecule has 0 radical (unpaired) electrons. The van der Waals surface area contributed by atoms with E-state index in [2.05, 4.69) is 5.32 Å². The summed E-state index contributed by atoms with van der Waals surface area (Å²) in [5, 5.41) is 4.47. The van der Waals surface area contributed by atoms with Gasteiger partial charge in [-0.05, 0) is 48.2 Å². The fourth-order valence-electron chi connectivity index (χ4n) is 3.26. The summed E-state index contributed by atoms with van der Waals surface area (Å²) in [6.07, 6.45) is 1.53. The first-order valence-electron chi connectivity index (χ1n) is 9.78. The highest BCUT2D eigenvalue weighted by Crippen LogP contribution is 2.16. The fourth-order valence-corrected chi connectivity index (χ4v) is 4.11. The number of ether oxygens (including phenoxy) is 1. The standard InChI is InChI=1S/C22H21N3O5S/c1-2-29-16-7-5-15(6-8-16)13-25-21(27)20-18(9-11-31-20)24(22(25)28)14-19(26)23-12-17-4-3-10-30-17/h3-11H,2,12-14H2,1H3,(H,23,26). The van der Waals surface area contributed by atoms with Crippen molar-refractivity contribution in [3.8, 4) is 5.75 Å². The van der Waals surface area contributed by atoms with Gasteiger partial charge in [0.25, 0.3) is 5.56 Å². The zero-order valence-electron chi connectivity index (χ0n) is 16.9. The molecular weight excluding hydrogens is 418 g/mol. The van der Waals surface area contributed by atoms with E-state index < -0.39 is 5.69 Å². The van der Waals surface area contributed by atoms with Crippen LogP contribution in [0, 0.1) is 0 Å². The van der Waals surface area contributed by atoms with Gasteiger partial charge >= 0.3 is 5.69 Å². The Balaban J connectivity index is 1.63. The van der Waals surface area contributed by atoms with E-state index in [1.807, 2.05) is 19.1 Å². The van der Waals surface area contributed by atoms with Crippen molar-refractivity contribution >= 4 is 27.5 Å². The molecule has 0 spiro atoms. The Morgan fingerprint density at radius 3 is 2.65 bits per heavy atom. The molecule has 8 nitrogen and oxygen atoms in total. The Kier molecular flexibility index (Phi) is 6.03. The maximum absolute atomic E-state index is 13.2. The molecule has 4 aromatic rings. The van der Waals surface area contributed by atoms with Crippen molar-refractivity contribution in [2.45, 2.75) is 26.6 Å². The van der Waals surface area contributed by atoms with Gasteiger partial charge in [0, 0.05) is 0 Å². The molecule has 0 aliphatic carbocycles. The van der Waals surface area contributed by atoms with Crippen molar-refractivity contribution in [1.82, 2.24) is 14.5 Å². The number of rotatable bonds is 8. The van der Waals surface area contributed by atoms with Crippen molar-refractivity contribution in [3.05, 3.63) is 86.3 Å². The van der Waals surface area contributed by atoms with E-state index >= 15 is 0 Å². The van der Waals surface area contributed by atoms with Gasteiger partial charge in [0.05, 0.1) is 31.5 Å². The minimum Gasteiger partial charge on any atom is -0.494 e. The Hall–Kier alpha value is -3.59. The van der Waals surface area contributed by atoms with E-state index in [9.17, 15) is 14.4 Å². The lowest BCUT2D eigenvalue weighted by Crippen LogP contribution is -2.42. The second-order valence-corrected chi connectivity index (χ2v) is 7.74. The second kappa shape index (κ2) is 9.05. The number of carbonyl (C=O) groups is 1. The number of furan rings is 1. The van der Waals surface area contributed by atoms with Crippen LogP contribution in [-0.4, -0.2) is 21.6 Å². The van der Waals surface area contributed by atoms with Crippen molar-refractivity contribution in [1.29, 1.82) is 0 Å². The van der Waals surface area contributed by atoms with Crippen molar-refractivity contribution < 1.29 is 13.9 Å². The van der Waals surface area contributed by atoms with Crippen molar-refractivity contribution in [3.63, 3.8) is 0 Å². The van der Waals surface area contributed by atoms with Gasteiger partial charge in [0.15, 0.2) is 0 Å². The largest absolute Gasteiger partial charge is 0.494 e. The van der Waals surface area contributed by atoms with E-state index in [-0.39, 0.29) is 31.1 Å². The lowest BCUT2D eigenvalue weighted by Gasteiger charge is -2.12. The fraction of sp³-hybridized carbons (Fsp3) is 0.227. The lowest BCUT2D eigenvalue weighted by atomic mass is 10.2. The topological polar surface area (TPSA) is 95.5 Å². The SMILES string of the molecule is CCOc1ccc(Cn2c(=O)c3sccc3n(CC(=O)NCc3ccco3)c2=O)cc1. The summed E-state index contributed by atoms with van der Waals surface area (Å²) in [6.45, 7) is 2.58. The van der Waals surface area contributed by atoms with E-state index in [0.29, 0.717) is 22.6 Å². The summed E-state index contributed by atoms with van der Waals surface area (Å²) < 4.78 is 13.6. The molecular formula is C22H21N3O5S. The van der Waals surface area contributed by atoms with E-state index in [0.717, 1.165) is 15.9 Å². The lowest BCUT2D eigenvalue weighted by molar-refractivity contribution is -0.121. The number of hydrogen-bond acceptors (Lipinski definition) is 6. The smallest absolute Gasteiger partial charge is 0.332 e. The third kappa shape index (κ3) is 4.46. The number of carbonyl (C=O) groups excluding carboxylic acids is 1. The predicted molar refractivity (Wildman–Crippen MR) is 118 cm³/mol.